The number of amides is 1. The number of aliphatic imine (C=N–C) groups is 2. The van der Waals surface area contributed by atoms with Crippen LogP contribution in [0.25, 0.3) is 0 Å². The van der Waals surface area contributed by atoms with E-state index in [2.05, 4.69) is 21.2 Å². The maximum absolute atomic E-state index is 12.4. The molecule has 0 aromatic heterocycles. The molecule has 4 nitrogen and oxygen atoms in total. The largest absolute Gasteiger partial charge is 0.325 e. The van der Waals surface area contributed by atoms with Crippen molar-refractivity contribution in [2.24, 2.45) is 9.98 Å². The number of hydrogen-bond acceptors (Lipinski definition) is 4. The third-order valence-corrected chi connectivity index (χ3v) is 6.57. The summed E-state index contributed by atoms with van der Waals surface area (Å²) in [5.41, 5.74) is 2.35. The van der Waals surface area contributed by atoms with Crippen molar-refractivity contribution in [3.63, 3.8) is 0 Å². The van der Waals surface area contributed by atoms with Crippen LogP contribution >= 0.6 is 39.3 Å². The zero-order valence-corrected chi connectivity index (χ0v) is 18.3. The first-order valence-corrected chi connectivity index (χ1v) is 11.3. The Morgan fingerprint density at radius 2 is 1.75 bits per heavy atom. The molecule has 1 spiro atoms. The predicted molar refractivity (Wildman–Crippen MR) is 122 cm³/mol. The third-order valence-electron chi connectivity index (χ3n) is 4.82. The zero-order valence-electron chi connectivity index (χ0n) is 15.1. The van der Waals surface area contributed by atoms with Gasteiger partial charge in [-0.3, -0.25) is 9.79 Å². The van der Waals surface area contributed by atoms with Crippen molar-refractivity contribution in [1.82, 2.24) is 0 Å². The fourth-order valence-corrected chi connectivity index (χ4v) is 4.71. The van der Waals surface area contributed by atoms with Crippen molar-refractivity contribution in [1.29, 1.82) is 0 Å². The monoisotopic (exact) mass is 475 g/mol. The van der Waals surface area contributed by atoms with Crippen LogP contribution in [0, 0.1) is 0 Å². The Morgan fingerprint density at radius 1 is 1.07 bits per heavy atom. The fourth-order valence-electron chi connectivity index (χ4n) is 3.45. The third kappa shape index (κ3) is 4.50. The Kier molecular flexibility index (Phi) is 5.90. The minimum absolute atomic E-state index is 0.0717. The van der Waals surface area contributed by atoms with Gasteiger partial charge in [-0.2, -0.15) is 0 Å². The highest BCUT2D eigenvalue weighted by Gasteiger charge is 2.39. The molecule has 7 heteroatoms. The number of anilines is 1. The summed E-state index contributed by atoms with van der Waals surface area (Å²) in [6, 6.07) is 15.2. The van der Waals surface area contributed by atoms with Crippen LogP contribution in [0.4, 0.5) is 5.69 Å². The summed E-state index contributed by atoms with van der Waals surface area (Å²) in [5.74, 6) is 0.213. The molecule has 1 amide bonds. The van der Waals surface area contributed by atoms with Gasteiger partial charge in [0.2, 0.25) is 5.91 Å². The molecule has 2 aromatic carbocycles. The maximum atomic E-state index is 12.4. The minimum atomic E-state index is -0.322. The molecule has 28 heavy (non-hydrogen) atoms. The molecule has 2 aromatic rings. The molecule has 0 radical (unpaired) electrons. The highest BCUT2D eigenvalue weighted by atomic mass is 79.9. The van der Waals surface area contributed by atoms with Crippen LogP contribution in [0.3, 0.4) is 0 Å². The van der Waals surface area contributed by atoms with Crippen LogP contribution in [0.1, 0.15) is 31.2 Å². The van der Waals surface area contributed by atoms with Gasteiger partial charge in [0.1, 0.15) is 5.04 Å². The van der Waals surface area contributed by atoms with Crippen LogP contribution in [-0.4, -0.2) is 28.1 Å². The van der Waals surface area contributed by atoms with E-state index in [-0.39, 0.29) is 17.3 Å². The number of carbonyl (C=O) groups is 1. The van der Waals surface area contributed by atoms with E-state index in [9.17, 15) is 4.79 Å². The molecular formula is C21H19BrClN3OS. The number of nitrogens with zero attached hydrogens (tertiary/aromatic N) is 2. The van der Waals surface area contributed by atoms with E-state index in [1.54, 1.807) is 24.3 Å². The van der Waals surface area contributed by atoms with Crippen molar-refractivity contribution < 1.29 is 4.79 Å². The molecule has 0 unspecified atom stereocenters. The second-order valence-corrected chi connectivity index (χ2v) is 9.23. The van der Waals surface area contributed by atoms with Crippen LogP contribution in [-0.2, 0) is 4.79 Å². The lowest BCUT2D eigenvalue weighted by Gasteiger charge is -2.14. The molecule has 0 atom stereocenters. The van der Waals surface area contributed by atoms with Crippen LogP contribution in [0.15, 0.2) is 63.0 Å². The minimum Gasteiger partial charge on any atom is -0.325 e. The molecule has 1 aliphatic carbocycles. The molecule has 0 saturated heterocycles. The number of thioether (sulfide) groups is 1. The van der Waals surface area contributed by atoms with Gasteiger partial charge in [-0.15, -0.1) is 0 Å². The first kappa shape index (κ1) is 19.7. The molecule has 1 aliphatic heterocycles. The average Bonchev–Trinajstić information content (AvgIpc) is 3.30. The molecule has 1 saturated carbocycles. The zero-order chi connectivity index (χ0) is 19.6. The number of rotatable bonds is 4. The summed E-state index contributed by atoms with van der Waals surface area (Å²) >= 11 is 10.8. The smallest absolute Gasteiger partial charge is 0.234 e. The average molecular weight is 477 g/mol. The lowest BCUT2D eigenvalue weighted by molar-refractivity contribution is -0.113. The number of nitrogens with one attached hydrogen (secondary N) is 1. The van der Waals surface area contributed by atoms with Crippen LogP contribution < -0.4 is 5.32 Å². The van der Waals surface area contributed by atoms with Crippen molar-refractivity contribution >= 4 is 61.6 Å². The first-order chi connectivity index (χ1) is 13.5. The van der Waals surface area contributed by atoms with Crippen molar-refractivity contribution in [2.75, 3.05) is 11.1 Å². The van der Waals surface area contributed by atoms with Crippen molar-refractivity contribution in [2.45, 2.75) is 31.3 Å². The molecule has 2 aliphatic rings. The lowest BCUT2D eigenvalue weighted by atomic mass is 10.1. The van der Waals surface area contributed by atoms with Gasteiger partial charge >= 0.3 is 0 Å². The molecular weight excluding hydrogens is 458 g/mol. The summed E-state index contributed by atoms with van der Waals surface area (Å²) in [4.78, 5) is 22.3. The second kappa shape index (κ2) is 8.39. The maximum Gasteiger partial charge on any atom is 0.234 e. The van der Waals surface area contributed by atoms with E-state index >= 15 is 0 Å². The highest BCUT2D eigenvalue weighted by Crippen LogP contribution is 2.40. The molecule has 1 fully saturated rings. The van der Waals surface area contributed by atoms with Gasteiger partial charge in [0.15, 0.2) is 5.66 Å². The van der Waals surface area contributed by atoms with Gasteiger partial charge in [0, 0.05) is 20.7 Å². The standard InChI is InChI=1S/C21H19BrClN3OS/c22-15-5-3-14(4-6-15)19-20(26-21(25-19)11-1-2-12-21)28-13-18(27)24-17-9-7-16(23)8-10-17/h3-10H,1-2,11-13H2,(H,24,27). The Bertz CT molecular complexity index is 935. The van der Waals surface area contributed by atoms with Crippen molar-refractivity contribution in [3.8, 4) is 0 Å². The Labute approximate surface area is 182 Å². The van der Waals surface area contributed by atoms with Gasteiger partial charge < -0.3 is 5.32 Å². The lowest BCUT2D eigenvalue weighted by Crippen LogP contribution is -2.17. The summed E-state index contributed by atoms with van der Waals surface area (Å²) in [7, 11) is 0. The summed E-state index contributed by atoms with van der Waals surface area (Å²) in [5, 5.41) is 4.40. The SMILES string of the molecule is O=C(CSC1=NC2(CCCC2)N=C1c1ccc(Br)cc1)Nc1ccc(Cl)cc1. The van der Waals surface area contributed by atoms with E-state index in [0.29, 0.717) is 5.02 Å². The van der Waals surface area contributed by atoms with E-state index in [0.717, 1.165) is 52.2 Å². The van der Waals surface area contributed by atoms with E-state index < -0.39 is 0 Å². The van der Waals surface area contributed by atoms with E-state index in [4.69, 9.17) is 21.6 Å². The van der Waals surface area contributed by atoms with Gasteiger partial charge in [0.05, 0.1) is 11.5 Å². The highest BCUT2D eigenvalue weighted by molar-refractivity contribution is 9.10. The number of carbonyl (C=O) groups excluding carboxylic acids is 1. The first-order valence-electron chi connectivity index (χ1n) is 9.17. The quantitative estimate of drug-likeness (QED) is 0.593. The molecule has 1 N–H and O–H groups in total. The predicted octanol–water partition coefficient (Wildman–Crippen LogP) is 5.95. The van der Waals surface area contributed by atoms with Crippen LogP contribution in [0.5, 0.6) is 0 Å². The Hall–Kier alpha value is -1.63. The Morgan fingerprint density at radius 3 is 2.43 bits per heavy atom. The van der Waals surface area contributed by atoms with Gasteiger partial charge in [-0.05, 0) is 62.1 Å². The van der Waals surface area contributed by atoms with E-state index in [1.165, 1.54) is 11.8 Å². The van der Waals surface area contributed by atoms with Gasteiger partial charge in [-0.25, -0.2) is 4.99 Å². The number of hydrogen-bond donors (Lipinski definition) is 1. The topological polar surface area (TPSA) is 53.8 Å². The number of benzene rings is 2. The summed E-state index contributed by atoms with van der Waals surface area (Å²) < 4.78 is 1.03. The van der Waals surface area contributed by atoms with Gasteiger partial charge in [-0.1, -0.05) is 51.4 Å². The summed E-state index contributed by atoms with van der Waals surface area (Å²) in [6.07, 6.45) is 4.26. The number of halogens is 2. The second-order valence-electron chi connectivity index (χ2n) is 6.92. The molecule has 4 rings (SSSR count). The Balaban J connectivity index is 1.48. The molecule has 1 heterocycles. The van der Waals surface area contributed by atoms with Crippen LogP contribution in [0.2, 0.25) is 5.02 Å². The fraction of sp³-hybridized carbons (Fsp3) is 0.286. The van der Waals surface area contributed by atoms with Crippen molar-refractivity contribution in [3.05, 3.63) is 63.6 Å². The molecule has 144 valence electrons. The summed E-state index contributed by atoms with van der Waals surface area (Å²) in [6.45, 7) is 0. The molecule has 0 bridgehead atoms. The van der Waals surface area contributed by atoms with Gasteiger partial charge in [0.25, 0.3) is 0 Å². The normalized spacial score (nSPS) is 17.5. The van der Waals surface area contributed by atoms with E-state index in [1.807, 2.05) is 24.3 Å².